The van der Waals surface area contributed by atoms with Crippen LogP contribution in [0.5, 0.6) is 0 Å². The molecule has 0 bridgehead atoms. The Balaban J connectivity index is 2.34. The Morgan fingerprint density at radius 1 is 1.14 bits per heavy atom. The third-order valence-corrected chi connectivity index (χ3v) is 1.83. The van der Waals surface area contributed by atoms with E-state index in [1.165, 1.54) is 0 Å². The van der Waals surface area contributed by atoms with Crippen LogP contribution >= 0.6 is 0 Å². The largest absolute Gasteiger partial charge is 0.331 e. The zero-order valence-corrected chi connectivity index (χ0v) is 8.14. The number of hydrogen-bond donors (Lipinski definition) is 0. The van der Waals surface area contributed by atoms with Crippen LogP contribution in [-0.4, -0.2) is 24.2 Å². The first kappa shape index (κ1) is 8.74. The topological polar surface area (TPSA) is 42.2 Å². The fourth-order valence-corrected chi connectivity index (χ4v) is 1.10. The number of nitrogens with zero attached hydrogens (tertiary/aromatic N) is 3. The van der Waals surface area contributed by atoms with E-state index in [0.29, 0.717) is 11.8 Å². The van der Waals surface area contributed by atoms with E-state index in [9.17, 15) is 0 Å². The molecule has 0 aliphatic carbocycles. The average Bonchev–Trinajstić information content (AvgIpc) is 2.68. The van der Waals surface area contributed by atoms with E-state index in [1.807, 2.05) is 44.4 Å². The lowest BCUT2D eigenvalue weighted by Gasteiger charge is -2.01. The van der Waals surface area contributed by atoms with Gasteiger partial charge in [-0.15, -0.1) is 0 Å². The molecule has 0 unspecified atom stereocenters. The molecule has 1 aromatic heterocycles. The minimum atomic E-state index is 0.517. The zero-order chi connectivity index (χ0) is 9.97. The Morgan fingerprint density at radius 2 is 1.86 bits per heavy atom. The molecule has 0 amide bonds. The molecule has 4 nitrogen and oxygen atoms in total. The first-order chi connectivity index (χ1) is 6.77. The van der Waals surface area contributed by atoms with Crippen molar-refractivity contribution in [3.8, 4) is 11.4 Å². The predicted octanol–water partition coefficient (Wildman–Crippen LogP) is 1.80. The van der Waals surface area contributed by atoms with Gasteiger partial charge in [0, 0.05) is 19.7 Å². The Bertz CT molecular complexity index is 408. The summed E-state index contributed by atoms with van der Waals surface area (Å²) in [5.41, 5.74) is 0.962. The van der Waals surface area contributed by atoms with E-state index < -0.39 is 0 Å². The highest BCUT2D eigenvalue weighted by molar-refractivity contribution is 5.54. The second kappa shape index (κ2) is 3.49. The molecule has 72 valence electrons. The molecule has 2 aromatic rings. The van der Waals surface area contributed by atoms with Crippen molar-refractivity contribution in [2.45, 2.75) is 0 Å². The van der Waals surface area contributed by atoms with Gasteiger partial charge < -0.3 is 9.42 Å². The van der Waals surface area contributed by atoms with Crippen molar-refractivity contribution in [3.05, 3.63) is 30.3 Å². The summed E-state index contributed by atoms with van der Waals surface area (Å²) < 4.78 is 5.05. The summed E-state index contributed by atoms with van der Waals surface area (Å²) in [6.45, 7) is 0. The molecule has 0 saturated heterocycles. The molecule has 14 heavy (non-hydrogen) atoms. The van der Waals surface area contributed by atoms with Crippen molar-refractivity contribution in [2.75, 3.05) is 19.0 Å². The molecule has 0 radical (unpaired) electrons. The molecule has 0 saturated carbocycles. The zero-order valence-electron chi connectivity index (χ0n) is 8.14. The lowest BCUT2D eigenvalue weighted by molar-refractivity contribution is 0.423. The van der Waals surface area contributed by atoms with Gasteiger partial charge in [-0.2, -0.15) is 4.98 Å². The third kappa shape index (κ3) is 1.59. The Hall–Kier alpha value is -1.84. The molecule has 0 N–H and O–H groups in total. The van der Waals surface area contributed by atoms with Gasteiger partial charge in [-0.1, -0.05) is 35.5 Å². The number of anilines is 1. The molecule has 0 spiro atoms. The van der Waals surface area contributed by atoms with Gasteiger partial charge in [-0.3, -0.25) is 0 Å². The van der Waals surface area contributed by atoms with Crippen molar-refractivity contribution in [1.29, 1.82) is 0 Å². The third-order valence-electron chi connectivity index (χ3n) is 1.83. The van der Waals surface area contributed by atoms with Gasteiger partial charge in [0.1, 0.15) is 0 Å². The van der Waals surface area contributed by atoms with Crippen LogP contribution in [0.15, 0.2) is 34.9 Å². The highest BCUT2D eigenvalue weighted by Crippen LogP contribution is 2.17. The minimum Gasteiger partial charge on any atom is -0.331 e. The summed E-state index contributed by atoms with van der Waals surface area (Å²) in [6.07, 6.45) is 0. The van der Waals surface area contributed by atoms with Crippen molar-refractivity contribution < 1.29 is 4.52 Å². The fourth-order valence-electron chi connectivity index (χ4n) is 1.10. The van der Waals surface area contributed by atoms with E-state index in [4.69, 9.17) is 4.52 Å². The highest BCUT2D eigenvalue weighted by atomic mass is 16.5. The maximum atomic E-state index is 5.05. The Kier molecular flexibility index (Phi) is 2.18. The van der Waals surface area contributed by atoms with Crippen LogP contribution in [0, 0.1) is 0 Å². The number of benzene rings is 1. The number of rotatable bonds is 2. The molecule has 4 heteroatoms. The van der Waals surface area contributed by atoms with Crippen LogP contribution < -0.4 is 4.90 Å². The summed E-state index contributed by atoms with van der Waals surface area (Å²) in [5, 5.41) is 3.88. The molecule has 1 heterocycles. The first-order valence-electron chi connectivity index (χ1n) is 4.34. The van der Waals surface area contributed by atoms with Crippen molar-refractivity contribution in [3.63, 3.8) is 0 Å². The monoisotopic (exact) mass is 189 g/mol. The van der Waals surface area contributed by atoms with E-state index in [0.717, 1.165) is 5.56 Å². The van der Waals surface area contributed by atoms with Gasteiger partial charge in [-0.25, -0.2) is 0 Å². The molecule has 0 fully saturated rings. The van der Waals surface area contributed by atoms with E-state index >= 15 is 0 Å². The van der Waals surface area contributed by atoms with Crippen LogP contribution in [0.4, 0.5) is 6.01 Å². The fraction of sp³-hybridized carbons (Fsp3) is 0.200. The summed E-state index contributed by atoms with van der Waals surface area (Å²) in [4.78, 5) is 6.01. The van der Waals surface area contributed by atoms with Crippen LogP contribution in [0.1, 0.15) is 0 Å². The highest BCUT2D eigenvalue weighted by Gasteiger charge is 2.08. The van der Waals surface area contributed by atoms with E-state index in [-0.39, 0.29) is 0 Å². The molecule has 0 atom stereocenters. The Morgan fingerprint density at radius 3 is 2.43 bits per heavy atom. The van der Waals surface area contributed by atoms with Crippen LogP contribution in [0.25, 0.3) is 11.4 Å². The van der Waals surface area contributed by atoms with Gasteiger partial charge in [0.25, 0.3) is 0 Å². The second-order valence-electron chi connectivity index (χ2n) is 3.16. The molecular formula is C10H11N3O. The van der Waals surface area contributed by atoms with E-state index in [1.54, 1.807) is 4.90 Å². The summed E-state index contributed by atoms with van der Waals surface area (Å²) in [7, 11) is 3.73. The standard InChI is InChI=1S/C10H11N3O/c1-13(2)10-11-9(12-14-10)8-6-4-3-5-7-8/h3-7H,1-2H3. The van der Waals surface area contributed by atoms with Gasteiger partial charge >= 0.3 is 6.01 Å². The second-order valence-corrected chi connectivity index (χ2v) is 3.16. The SMILES string of the molecule is CN(C)c1nc(-c2ccccc2)no1. The quantitative estimate of drug-likeness (QED) is 0.722. The molecule has 0 aliphatic rings. The lowest BCUT2D eigenvalue weighted by atomic mass is 10.2. The van der Waals surface area contributed by atoms with Crippen LogP contribution in [0.3, 0.4) is 0 Å². The van der Waals surface area contributed by atoms with E-state index in [2.05, 4.69) is 10.1 Å². The number of aromatic nitrogens is 2. The molecular weight excluding hydrogens is 178 g/mol. The van der Waals surface area contributed by atoms with Gasteiger partial charge in [0.15, 0.2) is 0 Å². The Labute approximate surface area is 82.2 Å². The maximum absolute atomic E-state index is 5.05. The van der Waals surface area contributed by atoms with Crippen molar-refractivity contribution in [1.82, 2.24) is 10.1 Å². The van der Waals surface area contributed by atoms with Crippen molar-refractivity contribution >= 4 is 6.01 Å². The summed E-state index contributed by atoms with van der Waals surface area (Å²) in [6, 6.07) is 10.3. The van der Waals surface area contributed by atoms with Crippen LogP contribution in [-0.2, 0) is 0 Å². The predicted molar refractivity (Wildman–Crippen MR) is 54.1 cm³/mol. The van der Waals surface area contributed by atoms with Gasteiger partial charge in [-0.05, 0) is 0 Å². The van der Waals surface area contributed by atoms with Crippen LogP contribution in [0.2, 0.25) is 0 Å². The minimum absolute atomic E-state index is 0.517. The first-order valence-corrected chi connectivity index (χ1v) is 4.34. The summed E-state index contributed by atoms with van der Waals surface area (Å²) >= 11 is 0. The molecule has 0 aliphatic heterocycles. The maximum Gasteiger partial charge on any atom is 0.323 e. The summed E-state index contributed by atoms with van der Waals surface area (Å²) in [5.74, 6) is 0.620. The smallest absolute Gasteiger partial charge is 0.323 e. The number of hydrogen-bond acceptors (Lipinski definition) is 4. The lowest BCUT2D eigenvalue weighted by Crippen LogP contribution is -2.08. The molecule has 1 aromatic carbocycles. The molecule has 2 rings (SSSR count). The van der Waals surface area contributed by atoms with Gasteiger partial charge in [0.05, 0.1) is 0 Å². The van der Waals surface area contributed by atoms with Crippen molar-refractivity contribution in [2.24, 2.45) is 0 Å². The van der Waals surface area contributed by atoms with Gasteiger partial charge in [0.2, 0.25) is 5.82 Å². The normalized spacial score (nSPS) is 10.1. The average molecular weight is 189 g/mol.